The Kier molecular flexibility index (Phi) is 2.49. The van der Waals surface area contributed by atoms with Crippen LogP contribution in [0.4, 0.5) is 0 Å². The number of benzene rings is 2. The summed E-state index contributed by atoms with van der Waals surface area (Å²) in [5.74, 6) is 0. The van der Waals surface area contributed by atoms with Crippen molar-refractivity contribution in [1.29, 1.82) is 0 Å². The Bertz CT molecular complexity index is 501. The molecule has 0 nitrogen and oxygen atoms in total. The maximum Gasteiger partial charge on any atom is 0.0485 e. The Balaban J connectivity index is 2.86. The zero-order valence-corrected chi connectivity index (χ0v) is 8.94. The molecule has 0 saturated carbocycles. The van der Waals surface area contributed by atoms with Gasteiger partial charge in [0.25, 0.3) is 0 Å². The van der Waals surface area contributed by atoms with Gasteiger partial charge in [-0.05, 0) is 23.8 Å². The van der Waals surface area contributed by atoms with Crippen LogP contribution in [0.5, 0.6) is 0 Å². The zero-order valence-electron chi connectivity index (χ0n) is 7.43. The summed E-state index contributed by atoms with van der Waals surface area (Å²) in [6.07, 6.45) is 1.79. The highest BCUT2D eigenvalue weighted by Crippen LogP contribution is 2.30. The third-order valence-electron chi connectivity index (χ3n) is 2.17. The van der Waals surface area contributed by atoms with Gasteiger partial charge in [0.2, 0.25) is 0 Å². The first kappa shape index (κ1) is 9.57. The predicted octanol–water partition coefficient (Wildman–Crippen LogP) is 4.79. The van der Waals surface area contributed by atoms with Crippen molar-refractivity contribution in [3.8, 4) is 0 Å². The van der Waals surface area contributed by atoms with Gasteiger partial charge in [0.15, 0.2) is 0 Å². The van der Waals surface area contributed by atoms with Crippen LogP contribution < -0.4 is 0 Å². The van der Waals surface area contributed by atoms with E-state index >= 15 is 0 Å². The maximum absolute atomic E-state index is 6.07. The van der Waals surface area contributed by atoms with E-state index in [0.29, 0.717) is 5.02 Å². The quantitative estimate of drug-likeness (QED) is 0.651. The van der Waals surface area contributed by atoms with Crippen LogP contribution >= 0.6 is 23.2 Å². The van der Waals surface area contributed by atoms with Crippen molar-refractivity contribution >= 4 is 40.1 Å². The maximum atomic E-state index is 6.07. The smallest absolute Gasteiger partial charge is 0.0485 e. The summed E-state index contributed by atoms with van der Waals surface area (Å²) in [7, 11) is 0. The zero-order chi connectivity index (χ0) is 10.1. The third kappa shape index (κ3) is 1.52. The fraction of sp³-hybridized carbons (Fsp3) is 0. The van der Waals surface area contributed by atoms with Crippen molar-refractivity contribution < 1.29 is 0 Å². The normalized spacial score (nSPS) is 10.4. The van der Waals surface area contributed by atoms with Gasteiger partial charge in [-0.25, -0.2) is 0 Å². The third-order valence-corrected chi connectivity index (χ3v) is 2.83. The first-order chi connectivity index (χ1) is 6.72. The highest BCUT2D eigenvalue weighted by molar-refractivity contribution is 6.40. The molecule has 0 atom stereocenters. The molecule has 0 fully saturated rings. The second kappa shape index (κ2) is 3.64. The molecule has 0 bridgehead atoms. The van der Waals surface area contributed by atoms with Crippen LogP contribution in [0.3, 0.4) is 0 Å². The number of hydrogen-bond acceptors (Lipinski definition) is 0. The van der Waals surface area contributed by atoms with Gasteiger partial charge in [-0.2, -0.15) is 0 Å². The van der Waals surface area contributed by atoms with Gasteiger partial charge in [0, 0.05) is 20.8 Å². The summed E-state index contributed by atoms with van der Waals surface area (Å²) in [5.41, 5.74) is 1.04. The van der Waals surface area contributed by atoms with E-state index in [9.17, 15) is 0 Å². The van der Waals surface area contributed by atoms with Crippen molar-refractivity contribution in [1.82, 2.24) is 0 Å². The number of halogens is 2. The van der Waals surface area contributed by atoms with E-state index in [4.69, 9.17) is 23.2 Å². The molecule has 2 aromatic carbocycles. The monoisotopic (exact) mass is 222 g/mol. The van der Waals surface area contributed by atoms with E-state index in [0.717, 1.165) is 21.4 Å². The minimum absolute atomic E-state index is 0.716. The highest BCUT2D eigenvalue weighted by Gasteiger charge is 2.02. The van der Waals surface area contributed by atoms with E-state index in [-0.39, 0.29) is 0 Å². The molecule has 0 aliphatic carbocycles. The molecule has 2 aromatic rings. The lowest BCUT2D eigenvalue weighted by Crippen LogP contribution is -1.78. The summed E-state index contributed by atoms with van der Waals surface area (Å²) < 4.78 is 0. The molecule has 2 rings (SSSR count). The molecular formula is C12H8Cl2. The molecule has 0 amide bonds. The lowest BCUT2D eigenvalue weighted by molar-refractivity contribution is 1.71. The predicted molar refractivity (Wildman–Crippen MR) is 64.1 cm³/mol. The van der Waals surface area contributed by atoms with Gasteiger partial charge in [-0.15, -0.1) is 0 Å². The molecule has 0 unspecified atom stereocenters. The average Bonchev–Trinajstić information content (AvgIpc) is 2.23. The van der Waals surface area contributed by atoms with Crippen LogP contribution in [0.25, 0.3) is 16.8 Å². The van der Waals surface area contributed by atoms with Crippen LogP contribution in [0.15, 0.2) is 36.9 Å². The first-order valence-electron chi connectivity index (χ1n) is 4.22. The van der Waals surface area contributed by atoms with Gasteiger partial charge in [0.1, 0.15) is 0 Å². The molecular weight excluding hydrogens is 215 g/mol. The van der Waals surface area contributed by atoms with Crippen molar-refractivity contribution in [2.45, 2.75) is 0 Å². The summed E-state index contributed by atoms with van der Waals surface area (Å²) >= 11 is 12.1. The minimum atomic E-state index is 0.716. The van der Waals surface area contributed by atoms with Crippen molar-refractivity contribution in [3.63, 3.8) is 0 Å². The Labute approximate surface area is 92.8 Å². The van der Waals surface area contributed by atoms with E-state index in [2.05, 4.69) is 6.58 Å². The van der Waals surface area contributed by atoms with Crippen LogP contribution in [-0.2, 0) is 0 Å². The molecule has 0 aliphatic rings. The number of fused-ring (bicyclic) bond motifs is 1. The summed E-state index contributed by atoms with van der Waals surface area (Å²) in [5, 5.41) is 3.38. The molecule has 70 valence electrons. The van der Waals surface area contributed by atoms with E-state index in [1.165, 1.54) is 0 Å². The molecule has 2 heteroatoms. The topological polar surface area (TPSA) is 0 Å². The second-order valence-electron chi connectivity index (χ2n) is 3.04. The number of rotatable bonds is 1. The molecule has 0 heterocycles. The number of hydrogen-bond donors (Lipinski definition) is 0. The Morgan fingerprint density at radius 3 is 2.21 bits per heavy atom. The fourth-order valence-electron chi connectivity index (χ4n) is 1.42. The molecule has 0 N–H and O–H groups in total. The average molecular weight is 223 g/mol. The van der Waals surface area contributed by atoms with Gasteiger partial charge >= 0.3 is 0 Å². The molecule has 0 radical (unpaired) electrons. The Morgan fingerprint density at radius 1 is 0.929 bits per heavy atom. The van der Waals surface area contributed by atoms with Crippen LogP contribution in [0.1, 0.15) is 5.56 Å². The summed E-state index contributed by atoms with van der Waals surface area (Å²) in [6.45, 7) is 3.71. The summed E-state index contributed by atoms with van der Waals surface area (Å²) in [4.78, 5) is 0. The van der Waals surface area contributed by atoms with Crippen molar-refractivity contribution in [2.75, 3.05) is 0 Å². The lowest BCUT2D eigenvalue weighted by atomic mass is 10.1. The molecule has 14 heavy (non-hydrogen) atoms. The van der Waals surface area contributed by atoms with Crippen molar-refractivity contribution in [2.24, 2.45) is 0 Å². The Hall–Kier alpha value is -0.980. The van der Waals surface area contributed by atoms with Crippen LogP contribution in [0.2, 0.25) is 10.0 Å². The Morgan fingerprint density at radius 2 is 1.57 bits per heavy atom. The van der Waals surface area contributed by atoms with Gasteiger partial charge in [0.05, 0.1) is 0 Å². The molecule has 0 aliphatic heterocycles. The summed E-state index contributed by atoms with van der Waals surface area (Å²) in [6, 6.07) is 9.52. The van der Waals surface area contributed by atoms with Crippen LogP contribution in [0, 0.1) is 0 Å². The lowest BCUT2D eigenvalue weighted by Gasteiger charge is -2.03. The fourth-order valence-corrected chi connectivity index (χ4v) is 1.87. The van der Waals surface area contributed by atoms with Gasteiger partial charge in [-0.1, -0.05) is 48.0 Å². The van der Waals surface area contributed by atoms with Gasteiger partial charge in [-0.3, -0.25) is 0 Å². The SMILES string of the molecule is C=Cc1ccc2c(Cl)ccc(Cl)c2c1. The van der Waals surface area contributed by atoms with Crippen molar-refractivity contribution in [3.05, 3.63) is 52.5 Å². The van der Waals surface area contributed by atoms with Crippen LogP contribution in [-0.4, -0.2) is 0 Å². The first-order valence-corrected chi connectivity index (χ1v) is 4.98. The highest BCUT2D eigenvalue weighted by atomic mass is 35.5. The largest absolute Gasteiger partial charge is 0.0985 e. The van der Waals surface area contributed by atoms with E-state index in [1.54, 1.807) is 18.2 Å². The van der Waals surface area contributed by atoms with Gasteiger partial charge < -0.3 is 0 Å². The molecule has 0 spiro atoms. The van der Waals surface area contributed by atoms with E-state index < -0.39 is 0 Å². The second-order valence-corrected chi connectivity index (χ2v) is 3.85. The minimum Gasteiger partial charge on any atom is -0.0985 e. The standard InChI is InChI=1S/C12H8Cl2/c1-2-8-3-4-9-10(7-8)12(14)6-5-11(9)13/h2-7H,1H2. The molecule has 0 aromatic heterocycles. The van der Waals surface area contributed by atoms with E-state index in [1.807, 2.05) is 18.2 Å². The molecule has 0 saturated heterocycles.